The average molecular weight is 596 g/mol. The lowest BCUT2D eigenvalue weighted by Gasteiger charge is -2.30. The van der Waals surface area contributed by atoms with E-state index < -0.39 is 5.41 Å². The van der Waals surface area contributed by atoms with Crippen molar-refractivity contribution in [3.63, 3.8) is 0 Å². The molecule has 1 heterocycles. The van der Waals surface area contributed by atoms with Gasteiger partial charge in [-0.15, -0.1) is 0 Å². The van der Waals surface area contributed by atoms with Crippen molar-refractivity contribution >= 4 is 11.8 Å². The standard InChI is InChI=1S/C39H65NO3/c1-8-9-10-11-12-13-14-15-16-17-18-19-20-21-22-23-24-25-37(41)39(7)29-36(6)40-30-34(4)27-32(2)26-33(3)28-35(5)31-43-38(39)42/h9-10,12-13,15-16,18-19,21-22,32-36,40H,8,11,14,17,20,23-31H2,1-7H3. The van der Waals surface area contributed by atoms with E-state index in [-0.39, 0.29) is 17.8 Å². The highest BCUT2D eigenvalue weighted by atomic mass is 16.5. The summed E-state index contributed by atoms with van der Waals surface area (Å²) in [4.78, 5) is 26.9. The lowest BCUT2D eigenvalue weighted by atomic mass is 9.78. The number of hydrogen-bond donors (Lipinski definition) is 1. The lowest BCUT2D eigenvalue weighted by molar-refractivity contribution is -0.161. The van der Waals surface area contributed by atoms with Crippen LogP contribution in [0.15, 0.2) is 60.8 Å². The maximum atomic E-state index is 13.5. The first-order valence-electron chi connectivity index (χ1n) is 17.3. The van der Waals surface area contributed by atoms with Gasteiger partial charge < -0.3 is 10.1 Å². The molecule has 244 valence electrons. The Morgan fingerprint density at radius 3 is 1.81 bits per heavy atom. The number of rotatable bonds is 14. The molecule has 0 radical (unpaired) electrons. The van der Waals surface area contributed by atoms with E-state index in [0.717, 1.165) is 57.9 Å². The molecule has 1 saturated heterocycles. The predicted molar refractivity (Wildman–Crippen MR) is 185 cm³/mol. The van der Waals surface area contributed by atoms with Gasteiger partial charge in [-0.3, -0.25) is 9.59 Å². The SMILES string of the molecule is CCC=CCC=CCC=CCC=CCC=CCCCC(=O)C1(C)CC(C)NCC(C)CC(C)CC(C)CC(C)COC1=O. The number of ketones is 1. The molecular weight excluding hydrogens is 530 g/mol. The first-order valence-corrected chi connectivity index (χ1v) is 17.3. The fourth-order valence-corrected chi connectivity index (χ4v) is 6.20. The van der Waals surface area contributed by atoms with Crippen LogP contribution in [0.1, 0.15) is 126 Å². The van der Waals surface area contributed by atoms with Gasteiger partial charge in [-0.2, -0.15) is 0 Å². The number of nitrogens with one attached hydrogen (secondary N) is 1. The Balaban J connectivity index is 2.54. The molecule has 6 atom stereocenters. The summed E-state index contributed by atoms with van der Waals surface area (Å²) in [5, 5.41) is 3.61. The molecule has 43 heavy (non-hydrogen) atoms. The van der Waals surface area contributed by atoms with E-state index in [1.807, 2.05) is 6.92 Å². The molecule has 0 aromatic heterocycles. The number of hydrogen-bond acceptors (Lipinski definition) is 4. The number of unbranched alkanes of at least 4 members (excludes halogenated alkanes) is 1. The van der Waals surface area contributed by atoms with E-state index in [1.54, 1.807) is 0 Å². The molecule has 1 aliphatic rings. The van der Waals surface area contributed by atoms with Crippen LogP contribution < -0.4 is 5.32 Å². The maximum Gasteiger partial charge on any atom is 0.319 e. The second-order valence-corrected chi connectivity index (χ2v) is 13.6. The van der Waals surface area contributed by atoms with Gasteiger partial charge in [0.1, 0.15) is 11.2 Å². The summed E-state index contributed by atoms with van der Waals surface area (Å²) in [6.07, 6.45) is 32.7. The molecule has 1 rings (SSSR count). The van der Waals surface area contributed by atoms with Gasteiger partial charge in [-0.1, -0.05) is 95.4 Å². The fraction of sp³-hybridized carbons (Fsp3) is 0.692. The average Bonchev–Trinajstić information content (AvgIpc) is 2.95. The van der Waals surface area contributed by atoms with Gasteiger partial charge in [0.2, 0.25) is 0 Å². The second-order valence-electron chi connectivity index (χ2n) is 13.6. The van der Waals surface area contributed by atoms with Gasteiger partial charge in [0.15, 0.2) is 0 Å². The number of allylic oxidation sites excluding steroid dienone is 10. The molecule has 6 unspecified atom stereocenters. The maximum absolute atomic E-state index is 13.5. The van der Waals surface area contributed by atoms with Crippen molar-refractivity contribution < 1.29 is 14.3 Å². The second kappa shape index (κ2) is 23.2. The molecule has 4 nitrogen and oxygen atoms in total. The minimum Gasteiger partial charge on any atom is -0.465 e. The van der Waals surface area contributed by atoms with Gasteiger partial charge in [-0.25, -0.2) is 0 Å². The van der Waals surface area contributed by atoms with Crippen molar-refractivity contribution in [1.82, 2.24) is 5.32 Å². The Kier molecular flexibility index (Phi) is 21.0. The van der Waals surface area contributed by atoms with Gasteiger partial charge in [0, 0.05) is 12.5 Å². The number of carbonyl (C=O) groups excluding carboxylic acids is 2. The number of ether oxygens (including phenoxy) is 1. The third-order valence-corrected chi connectivity index (χ3v) is 8.44. The van der Waals surface area contributed by atoms with Gasteiger partial charge in [0.05, 0.1) is 6.61 Å². The Bertz CT molecular complexity index is 913. The normalized spacial score (nSPS) is 29.1. The van der Waals surface area contributed by atoms with Crippen molar-refractivity contribution in [2.24, 2.45) is 29.1 Å². The molecule has 0 aliphatic carbocycles. The van der Waals surface area contributed by atoms with Gasteiger partial charge in [0.25, 0.3) is 0 Å². The van der Waals surface area contributed by atoms with Gasteiger partial charge in [-0.05, 0) is 115 Å². The highest BCUT2D eigenvalue weighted by Gasteiger charge is 2.43. The summed E-state index contributed by atoms with van der Waals surface area (Å²) in [6.45, 7) is 16.5. The van der Waals surface area contributed by atoms with Crippen molar-refractivity contribution in [3.8, 4) is 0 Å². The minimum absolute atomic E-state index is 0.00510. The Morgan fingerprint density at radius 2 is 1.26 bits per heavy atom. The third kappa shape index (κ3) is 18.3. The van der Waals surface area contributed by atoms with Crippen LogP contribution in [0.3, 0.4) is 0 Å². The fourth-order valence-electron chi connectivity index (χ4n) is 6.20. The van der Waals surface area contributed by atoms with E-state index in [1.165, 1.54) is 12.8 Å². The number of esters is 1. The molecule has 0 spiro atoms. The molecule has 4 heteroatoms. The molecule has 0 aromatic carbocycles. The Morgan fingerprint density at radius 1 is 0.767 bits per heavy atom. The highest BCUT2D eigenvalue weighted by Crippen LogP contribution is 2.31. The van der Waals surface area contributed by atoms with Crippen LogP contribution in [-0.2, 0) is 14.3 Å². The van der Waals surface area contributed by atoms with Crippen LogP contribution >= 0.6 is 0 Å². The summed E-state index contributed by atoms with van der Waals surface area (Å²) in [6, 6.07) is 0.0618. The van der Waals surface area contributed by atoms with Crippen LogP contribution in [0.25, 0.3) is 0 Å². The summed E-state index contributed by atoms with van der Waals surface area (Å²) >= 11 is 0. The van der Waals surface area contributed by atoms with Crippen molar-refractivity contribution in [1.29, 1.82) is 0 Å². The number of Topliss-reactive ketones (excluding diaryl/α,β-unsaturated/α-hetero) is 1. The van der Waals surface area contributed by atoms with Crippen molar-refractivity contribution in [3.05, 3.63) is 60.8 Å². The summed E-state index contributed by atoms with van der Waals surface area (Å²) in [5.41, 5.74) is -1.11. The molecule has 1 N–H and O–H groups in total. The molecule has 0 bridgehead atoms. The molecular formula is C39H65NO3. The predicted octanol–water partition coefficient (Wildman–Crippen LogP) is 10.1. The molecule has 0 aromatic rings. The molecule has 0 amide bonds. The van der Waals surface area contributed by atoms with Gasteiger partial charge >= 0.3 is 5.97 Å². The number of carbonyl (C=O) groups is 2. The summed E-state index contributed by atoms with van der Waals surface area (Å²) in [7, 11) is 0. The van der Waals surface area contributed by atoms with Crippen molar-refractivity contribution in [2.75, 3.05) is 13.2 Å². The zero-order valence-corrected chi connectivity index (χ0v) is 28.8. The van der Waals surface area contributed by atoms with Crippen LogP contribution in [0.5, 0.6) is 0 Å². The first-order chi connectivity index (χ1) is 20.6. The monoisotopic (exact) mass is 595 g/mol. The van der Waals surface area contributed by atoms with E-state index >= 15 is 0 Å². The van der Waals surface area contributed by atoms with E-state index in [9.17, 15) is 9.59 Å². The van der Waals surface area contributed by atoms with Crippen LogP contribution in [0, 0.1) is 29.1 Å². The Labute approximate surface area is 265 Å². The minimum atomic E-state index is -1.11. The molecule has 0 saturated carbocycles. The summed E-state index contributed by atoms with van der Waals surface area (Å²) < 4.78 is 5.83. The smallest absolute Gasteiger partial charge is 0.319 e. The van der Waals surface area contributed by atoms with E-state index in [2.05, 4.69) is 108 Å². The van der Waals surface area contributed by atoms with Crippen LogP contribution in [-0.4, -0.2) is 30.9 Å². The first kappa shape index (κ1) is 38.8. The summed E-state index contributed by atoms with van der Waals surface area (Å²) in [5.74, 6) is 1.78. The van der Waals surface area contributed by atoms with E-state index in [0.29, 0.717) is 43.1 Å². The lowest BCUT2D eigenvalue weighted by Crippen LogP contribution is -2.44. The topological polar surface area (TPSA) is 55.4 Å². The highest BCUT2D eigenvalue weighted by molar-refractivity contribution is 6.03. The largest absolute Gasteiger partial charge is 0.465 e. The van der Waals surface area contributed by atoms with Crippen LogP contribution in [0.4, 0.5) is 0 Å². The van der Waals surface area contributed by atoms with E-state index in [4.69, 9.17) is 4.74 Å². The van der Waals surface area contributed by atoms with Crippen LogP contribution in [0.2, 0.25) is 0 Å². The van der Waals surface area contributed by atoms with Crippen molar-refractivity contribution in [2.45, 2.75) is 132 Å². The quantitative estimate of drug-likeness (QED) is 0.0939. The molecule has 1 aliphatic heterocycles. The number of cyclic esters (lactones) is 1. The third-order valence-electron chi connectivity index (χ3n) is 8.44. The Hall–Kier alpha value is -2.20. The molecule has 1 fully saturated rings. The zero-order valence-electron chi connectivity index (χ0n) is 28.8. The zero-order chi connectivity index (χ0) is 31.9.